The van der Waals surface area contributed by atoms with E-state index in [-0.39, 0.29) is 18.2 Å². The Labute approximate surface area is 83.1 Å². The van der Waals surface area contributed by atoms with Gasteiger partial charge in [0, 0.05) is 12.0 Å². The number of hydrogen-bond donors (Lipinski definition) is 1. The van der Waals surface area contributed by atoms with Crippen molar-refractivity contribution < 1.29 is 9.59 Å². The van der Waals surface area contributed by atoms with Crippen LogP contribution in [0.25, 0.3) is 0 Å². The summed E-state index contributed by atoms with van der Waals surface area (Å²) in [6.07, 6.45) is 0.963. The predicted octanol–water partition coefficient (Wildman–Crippen LogP) is 1.05. The Hall–Kier alpha value is -1.48. The Balaban J connectivity index is 2.63. The lowest BCUT2D eigenvalue weighted by Gasteiger charge is -2.07. The third kappa shape index (κ3) is 2.78. The first-order valence-electron chi connectivity index (χ1n) is 4.48. The molecule has 0 heterocycles. The minimum absolute atomic E-state index is 0.0166. The molecule has 0 aliphatic carbocycles. The van der Waals surface area contributed by atoms with Crippen LogP contribution in [0, 0.1) is 0 Å². The number of carbonyl (C=O) groups is 2. The van der Waals surface area contributed by atoms with Gasteiger partial charge in [-0.25, -0.2) is 0 Å². The molecule has 1 aromatic rings. The number of Topliss-reactive ketones (excluding diaryl/α,β-unsaturated/α-hetero) is 1. The predicted molar refractivity (Wildman–Crippen MR) is 54.3 cm³/mol. The summed E-state index contributed by atoms with van der Waals surface area (Å²) in [6, 6.07) is 8.58. The van der Waals surface area contributed by atoms with E-state index < -0.39 is 0 Å². The van der Waals surface area contributed by atoms with Crippen molar-refractivity contribution in [3.8, 4) is 0 Å². The molecule has 3 nitrogen and oxygen atoms in total. The number of carbonyl (C=O) groups excluding carboxylic acids is 2. The van der Waals surface area contributed by atoms with Crippen LogP contribution in [0.1, 0.15) is 16.8 Å². The monoisotopic (exact) mass is 191 g/mol. The molecule has 14 heavy (non-hydrogen) atoms. The van der Waals surface area contributed by atoms with Crippen LogP contribution >= 0.6 is 0 Å². The molecule has 3 heteroatoms. The van der Waals surface area contributed by atoms with Gasteiger partial charge >= 0.3 is 0 Å². The second-order valence-corrected chi connectivity index (χ2v) is 3.02. The summed E-state index contributed by atoms with van der Waals surface area (Å²) < 4.78 is 0. The number of hydrogen-bond acceptors (Lipinski definition) is 3. The molecule has 0 saturated heterocycles. The topological polar surface area (TPSA) is 46.2 Å². The molecule has 0 bridgehead atoms. The van der Waals surface area contributed by atoms with E-state index in [1.807, 2.05) is 18.2 Å². The number of nitrogens with one attached hydrogen (secondary N) is 1. The Morgan fingerprint density at radius 3 is 2.57 bits per heavy atom. The zero-order valence-corrected chi connectivity index (χ0v) is 8.07. The van der Waals surface area contributed by atoms with Gasteiger partial charge in [-0.2, -0.15) is 0 Å². The number of aldehydes is 1. The summed E-state index contributed by atoms with van der Waals surface area (Å²) in [7, 11) is 1.66. The van der Waals surface area contributed by atoms with Gasteiger partial charge < -0.3 is 10.1 Å². The lowest BCUT2D eigenvalue weighted by Crippen LogP contribution is -2.29. The maximum atomic E-state index is 11.6. The van der Waals surface area contributed by atoms with Crippen LogP contribution in [-0.4, -0.2) is 25.2 Å². The molecule has 1 atom stereocenters. The standard InChI is InChI=1S/C11H13NO2/c1-12-10(8-13)7-11(14)9-5-3-2-4-6-9/h2-6,8,10,12H,7H2,1H3. The smallest absolute Gasteiger partial charge is 0.164 e. The lowest BCUT2D eigenvalue weighted by atomic mass is 10.0. The van der Waals surface area contributed by atoms with Gasteiger partial charge in [0.25, 0.3) is 0 Å². The number of benzene rings is 1. The van der Waals surface area contributed by atoms with Crippen molar-refractivity contribution in [2.24, 2.45) is 0 Å². The zero-order chi connectivity index (χ0) is 10.4. The minimum Gasteiger partial charge on any atom is -0.310 e. The fourth-order valence-electron chi connectivity index (χ4n) is 1.16. The van der Waals surface area contributed by atoms with E-state index in [9.17, 15) is 9.59 Å². The van der Waals surface area contributed by atoms with Gasteiger partial charge in [0.05, 0.1) is 6.04 Å². The van der Waals surface area contributed by atoms with Gasteiger partial charge in [0.1, 0.15) is 6.29 Å². The molecule has 1 N–H and O–H groups in total. The Kier molecular flexibility index (Phi) is 4.01. The molecule has 0 amide bonds. The fraction of sp³-hybridized carbons (Fsp3) is 0.273. The SMILES string of the molecule is CNC(C=O)CC(=O)c1ccccc1. The Morgan fingerprint density at radius 2 is 2.07 bits per heavy atom. The van der Waals surface area contributed by atoms with Crippen LogP contribution in [0.2, 0.25) is 0 Å². The van der Waals surface area contributed by atoms with E-state index in [4.69, 9.17) is 0 Å². The highest BCUT2D eigenvalue weighted by atomic mass is 16.1. The Morgan fingerprint density at radius 1 is 1.43 bits per heavy atom. The van der Waals surface area contributed by atoms with Gasteiger partial charge in [-0.05, 0) is 7.05 Å². The molecule has 0 aliphatic heterocycles. The van der Waals surface area contributed by atoms with Crippen LogP contribution < -0.4 is 5.32 Å². The molecule has 0 spiro atoms. The second kappa shape index (κ2) is 5.29. The van der Waals surface area contributed by atoms with Crippen LogP contribution in [0.5, 0.6) is 0 Å². The van der Waals surface area contributed by atoms with Crippen LogP contribution in [0.4, 0.5) is 0 Å². The Bertz CT molecular complexity index is 308. The highest BCUT2D eigenvalue weighted by Gasteiger charge is 2.11. The molecule has 1 rings (SSSR count). The van der Waals surface area contributed by atoms with Crippen molar-refractivity contribution in [1.82, 2.24) is 5.32 Å². The molecule has 0 saturated carbocycles. The van der Waals surface area contributed by atoms with Crippen molar-refractivity contribution in [2.75, 3.05) is 7.05 Å². The number of ketones is 1. The van der Waals surface area contributed by atoms with Crippen LogP contribution in [-0.2, 0) is 4.79 Å². The maximum absolute atomic E-state index is 11.6. The average Bonchev–Trinajstić information content (AvgIpc) is 2.26. The van der Waals surface area contributed by atoms with Crippen LogP contribution in [0.15, 0.2) is 30.3 Å². The van der Waals surface area contributed by atoms with Crippen molar-refractivity contribution >= 4 is 12.1 Å². The molecule has 1 aromatic carbocycles. The molecule has 74 valence electrons. The van der Waals surface area contributed by atoms with Crippen molar-refractivity contribution in [3.05, 3.63) is 35.9 Å². The third-order valence-electron chi connectivity index (χ3n) is 2.04. The van der Waals surface area contributed by atoms with Gasteiger partial charge in [0.2, 0.25) is 0 Å². The molecular weight excluding hydrogens is 178 g/mol. The fourth-order valence-corrected chi connectivity index (χ4v) is 1.16. The van der Waals surface area contributed by atoms with E-state index >= 15 is 0 Å². The van der Waals surface area contributed by atoms with E-state index in [1.54, 1.807) is 19.2 Å². The second-order valence-electron chi connectivity index (χ2n) is 3.02. The third-order valence-corrected chi connectivity index (χ3v) is 2.04. The van der Waals surface area contributed by atoms with E-state index in [1.165, 1.54) is 0 Å². The maximum Gasteiger partial charge on any atom is 0.164 e. The minimum atomic E-state index is -0.386. The molecule has 0 fully saturated rings. The normalized spacial score (nSPS) is 12.1. The molecule has 0 aromatic heterocycles. The van der Waals surface area contributed by atoms with Crippen molar-refractivity contribution in [3.63, 3.8) is 0 Å². The number of rotatable bonds is 5. The molecular formula is C11H13NO2. The number of likely N-dealkylation sites (N-methyl/N-ethyl adjacent to an activating group) is 1. The van der Waals surface area contributed by atoms with Gasteiger partial charge in [-0.1, -0.05) is 30.3 Å². The first-order chi connectivity index (χ1) is 6.77. The van der Waals surface area contributed by atoms with Gasteiger partial charge in [-0.3, -0.25) is 4.79 Å². The average molecular weight is 191 g/mol. The van der Waals surface area contributed by atoms with Gasteiger partial charge in [-0.15, -0.1) is 0 Å². The first-order valence-corrected chi connectivity index (χ1v) is 4.48. The first kappa shape index (κ1) is 10.6. The van der Waals surface area contributed by atoms with E-state index in [0.29, 0.717) is 5.56 Å². The summed E-state index contributed by atoms with van der Waals surface area (Å²) in [5, 5.41) is 2.76. The largest absolute Gasteiger partial charge is 0.310 e. The molecule has 0 radical (unpaired) electrons. The molecule has 0 aliphatic rings. The van der Waals surface area contributed by atoms with E-state index in [0.717, 1.165) is 6.29 Å². The summed E-state index contributed by atoms with van der Waals surface area (Å²) in [5.41, 5.74) is 0.648. The van der Waals surface area contributed by atoms with Gasteiger partial charge in [0.15, 0.2) is 5.78 Å². The summed E-state index contributed by atoms with van der Waals surface area (Å²) in [5.74, 6) is -0.0166. The van der Waals surface area contributed by atoms with E-state index in [2.05, 4.69) is 5.32 Å². The summed E-state index contributed by atoms with van der Waals surface area (Å²) >= 11 is 0. The quantitative estimate of drug-likeness (QED) is 0.559. The van der Waals surface area contributed by atoms with Crippen LogP contribution in [0.3, 0.4) is 0 Å². The highest BCUT2D eigenvalue weighted by molar-refractivity contribution is 5.97. The zero-order valence-electron chi connectivity index (χ0n) is 8.07. The summed E-state index contributed by atoms with van der Waals surface area (Å²) in [6.45, 7) is 0. The molecule has 1 unspecified atom stereocenters. The summed E-state index contributed by atoms with van der Waals surface area (Å²) in [4.78, 5) is 22.1. The lowest BCUT2D eigenvalue weighted by molar-refractivity contribution is -0.109. The van der Waals surface area contributed by atoms with Crippen molar-refractivity contribution in [2.45, 2.75) is 12.5 Å². The highest BCUT2D eigenvalue weighted by Crippen LogP contribution is 2.04. The van der Waals surface area contributed by atoms with Crippen molar-refractivity contribution in [1.29, 1.82) is 0 Å².